The summed E-state index contributed by atoms with van der Waals surface area (Å²) in [5.41, 5.74) is 2.10. The number of amides is 1. The number of pyridine rings is 1. The second-order valence-electron chi connectivity index (χ2n) is 6.70. The highest BCUT2D eigenvalue weighted by Gasteiger charge is 2.38. The monoisotopic (exact) mass is 401 g/mol. The van der Waals surface area contributed by atoms with Gasteiger partial charge in [0.05, 0.1) is 18.8 Å². The SMILES string of the molecule is C=CC(=O)N1C[C@@H](NS(=O)(=O)c2cccnc2)[C@H](OCc2cccc(C)c2)C1. The third kappa shape index (κ3) is 4.83. The molecule has 0 aliphatic carbocycles. The van der Waals surface area contributed by atoms with Gasteiger partial charge in [0.1, 0.15) is 4.90 Å². The molecule has 0 radical (unpaired) electrons. The first-order valence-corrected chi connectivity index (χ1v) is 10.4. The molecule has 1 saturated heterocycles. The lowest BCUT2D eigenvalue weighted by molar-refractivity contribution is -0.125. The Morgan fingerprint density at radius 3 is 2.86 bits per heavy atom. The van der Waals surface area contributed by atoms with E-state index < -0.39 is 22.2 Å². The average Bonchev–Trinajstić information content (AvgIpc) is 3.08. The van der Waals surface area contributed by atoms with Crippen LogP contribution in [0.3, 0.4) is 0 Å². The van der Waals surface area contributed by atoms with E-state index in [-0.39, 0.29) is 23.9 Å². The number of carbonyl (C=O) groups excluding carboxylic acids is 1. The standard InChI is InChI=1S/C20H23N3O4S/c1-3-20(24)23-12-18(22-28(25,26)17-8-5-9-21-11-17)19(13-23)27-14-16-7-4-6-15(2)10-16/h3-11,18-19,22H,1,12-14H2,2H3/t18-,19-/m1/s1. The molecule has 148 valence electrons. The topological polar surface area (TPSA) is 88.6 Å². The molecule has 1 N–H and O–H groups in total. The van der Waals surface area contributed by atoms with Gasteiger partial charge in [0, 0.05) is 25.5 Å². The minimum atomic E-state index is -3.78. The van der Waals surface area contributed by atoms with Gasteiger partial charge in [-0.1, -0.05) is 36.4 Å². The summed E-state index contributed by atoms with van der Waals surface area (Å²) in [5.74, 6) is -0.257. The number of rotatable bonds is 7. The van der Waals surface area contributed by atoms with Gasteiger partial charge in [-0.2, -0.15) is 0 Å². The highest BCUT2D eigenvalue weighted by molar-refractivity contribution is 7.89. The zero-order valence-electron chi connectivity index (χ0n) is 15.6. The Kier molecular flexibility index (Phi) is 6.23. The molecule has 2 aromatic rings. The summed E-state index contributed by atoms with van der Waals surface area (Å²) in [4.78, 5) is 17.5. The van der Waals surface area contributed by atoms with Crippen LogP contribution in [0, 0.1) is 6.92 Å². The van der Waals surface area contributed by atoms with Gasteiger partial charge in [0.25, 0.3) is 0 Å². The molecule has 0 unspecified atom stereocenters. The molecule has 1 aromatic heterocycles. The molecule has 3 rings (SSSR count). The van der Waals surface area contributed by atoms with E-state index in [4.69, 9.17) is 4.74 Å². The smallest absolute Gasteiger partial charge is 0.246 e. The number of nitrogens with zero attached hydrogens (tertiary/aromatic N) is 2. The van der Waals surface area contributed by atoms with Crippen molar-refractivity contribution in [2.24, 2.45) is 0 Å². The molecule has 0 saturated carbocycles. The number of benzene rings is 1. The van der Waals surface area contributed by atoms with E-state index in [1.165, 1.54) is 29.4 Å². The van der Waals surface area contributed by atoms with E-state index in [1.54, 1.807) is 6.07 Å². The molecule has 2 atom stereocenters. The fourth-order valence-corrected chi connectivity index (χ4v) is 4.36. The number of likely N-dealkylation sites (tertiary alicyclic amines) is 1. The van der Waals surface area contributed by atoms with Crippen LogP contribution in [0.5, 0.6) is 0 Å². The van der Waals surface area contributed by atoms with Gasteiger partial charge >= 0.3 is 0 Å². The maximum absolute atomic E-state index is 12.7. The second kappa shape index (κ2) is 8.64. The molecule has 8 heteroatoms. The van der Waals surface area contributed by atoms with Crippen molar-refractivity contribution >= 4 is 15.9 Å². The largest absolute Gasteiger partial charge is 0.370 e. The maximum Gasteiger partial charge on any atom is 0.246 e. The van der Waals surface area contributed by atoms with E-state index in [9.17, 15) is 13.2 Å². The van der Waals surface area contributed by atoms with Crippen molar-refractivity contribution in [1.82, 2.24) is 14.6 Å². The van der Waals surface area contributed by atoms with E-state index >= 15 is 0 Å². The second-order valence-corrected chi connectivity index (χ2v) is 8.42. The molecule has 1 amide bonds. The summed E-state index contributed by atoms with van der Waals surface area (Å²) in [6.07, 6.45) is 3.53. The van der Waals surface area contributed by atoms with Gasteiger partial charge in [-0.05, 0) is 30.7 Å². The molecule has 1 aromatic carbocycles. The number of carbonyl (C=O) groups is 1. The van der Waals surface area contributed by atoms with Crippen molar-refractivity contribution in [2.45, 2.75) is 30.6 Å². The quantitative estimate of drug-likeness (QED) is 0.713. The molecule has 2 heterocycles. The first-order valence-electron chi connectivity index (χ1n) is 8.90. The Balaban J connectivity index is 1.75. The predicted octanol–water partition coefficient (Wildman–Crippen LogP) is 1.65. The third-order valence-electron chi connectivity index (χ3n) is 4.55. The Bertz CT molecular complexity index is 947. The lowest BCUT2D eigenvalue weighted by Crippen LogP contribution is -2.44. The van der Waals surface area contributed by atoms with Crippen molar-refractivity contribution in [3.63, 3.8) is 0 Å². The summed E-state index contributed by atoms with van der Waals surface area (Å²) in [6.45, 7) is 6.32. The number of ether oxygens (including phenoxy) is 1. The number of hydrogen-bond acceptors (Lipinski definition) is 5. The zero-order chi connectivity index (χ0) is 20.1. The van der Waals surface area contributed by atoms with Crippen LogP contribution in [-0.2, 0) is 26.2 Å². The van der Waals surface area contributed by atoms with Gasteiger partial charge < -0.3 is 9.64 Å². The Morgan fingerprint density at radius 2 is 2.18 bits per heavy atom. The van der Waals surface area contributed by atoms with Crippen LogP contribution >= 0.6 is 0 Å². The first-order chi connectivity index (χ1) is 13.4. The van der Waals surface area contributed by atoms with E-state index in [0.29, 0.717) is 6.61 Å². The van der Waals surface area contributed by atoms with Gasteiger partial charge in [-0.3, -0.25) is 9.78 Å². The Morgan fingerprint density at radius 1 is 1.36 bits per heavy atom. The lowest BCUT2D eigenvalue weighted by atomic mass is 10.1. The summed E-state index contributed by atoms with van der Waals surface area (Å²) in [5, 5.41) is 0. The molecule has 0 spiro atoms. The first kappa shape index (κ1) is 20.2. The van der Waals surface area contributed by atoms with E-state index in [0.717, 1.165) is 11.1 Å². The lowest BCUT2D eigenvalue weighted by Gasteiger charge is -2.20. The number of hydrogen-bond donors (Lipinski definition) is 1. The molecular weight excluding hydrogens is 378 g/mol. The fraction of sp³-hybridized carbons (Fsp3) is 0.300. The molecule has 1 aliphatic rings. The van der Waals surface area contributed by atoms with Crippen LogP contribution in [0.15, 0.2) is 66.3 Å². The van der Waals surface area contributed by atoms with Crippen LogP contribution < -0.4 is 4.72 Å². The van der Waals surface area contributed by atoms with E-state index in [2.05, 4.69) is 16.3 Å². The number of nitrogens with one attached hydrogen (secondary N) is 1. The summed E-state index contributed by atoms with van der Waals surface area (Å²) < 4.78 is 34.0. The minimum Gasteiger partial charge on any atom is -0.370 e. The van der Waals surface area contributed by atoms with Crippen molar-refractivity contribution in [1.29, 1.82) is 0 Å². The molecule has 28 heavy (non-hydrogen) atoms. The Labute approximate surface area is 165 Å². The van der Waals surface area contributed by atoms with Crippen LogP contribution in [-0.4, -0.2) is 49.4 Å². The molecule has 1 fully saturated rings. The number of aryl methyl sites for hydroxylation is 1. The van der Waals surface area contributed by atoms with Crippen molar-refractivity contribution in [3.8, 4) is 0 Å². The van der Waals surface area contributed by atoms with Gasteiger partial charge in [0.15, 0.2) is 0 Å². The van der Waals surface area contributed by atoms with Gasteiger partial charge in [-0.15, -0.1) is 0 Å². The minimum absolute atomic E-state index is 0.0703. The molecule has 1 aliphatic heterocycles. The van der Waals surface area contributed by atoms with Crippen molar-refractivity contribution in [2.75, 3.05) is 13.1 Å². The van der Waals surface area contributed by atoms with Crippen LogP contribution in [0.1, 0.15) is 11.1 Å². The van der Waals surface area contributed by atoms with Crippen LogP contribution in [0.25, 0.3) is 0 Å². The highest BCUT2D eigenvalue weighted by atomic mass is 32.2. The number of aromatic nitrogens is 1. The van der Waals surface area contributed by atoms with Crippen molar-refractivity contribution < 1.29 is 17.9 Å². The van der Waals surface area contributed by atoms with Gasteiger partial charge in [-0.25, -0.2) is 13.1 Å². The highest BCUT2D eigenvalue weighted by Crippen LogP contribution is 2.19. The van der Waals surface area contributed by atoms with Crippen LogP contribution in [0.2, 0.25) is 0 Å². The van der Waals surface area contributed by atoms with E-state index in [1.807, 2.05) is 31.2 Å². The average molecular weight is 401 g/mol. The molecule has 0 bridgehead atoms. The number of sulfonamides is 1. The fourth-order valence-electron chi connectivity index (χ4n) is 3.14. The normalized spacial score (nSPS) is 19.5. The van der Waals surface area contributed by atoms with Gasteiger partial charge in [0.2, 0.25) is 15.9 Å². The third-order valence-corrected chi connectivity index (χ3v) is 6.03. The molecule has 7 nitrogen and oxygen atoms in total. The zero-order valence-corrected chi connectivity index (χ0v) is 16.4. The Hall–Kier alpha value is -2.55. The van der Waals surface area contributed by atoms with Crippen LogP contribution in [0.4, 0.5) is 0 Å². The van der Waals surface area contributed by atoms with Crippen molar-refractivity contribution in [3.05, 3.63) is 72.6 Å². The maximum atomic E-state index is 12.7. The summed E-state index contributed by atoms with van der Waals surface area (Å²) in [6, 6.07) is 10.4. The summed E-state index contributed by atoms with van der Waals surface area (Å²) >= 11 is 0. The predicted molar refractivity (Wildman–Crippen MR) is 105 cm³/mol. The molecular formula is C20H23N3O4S. The summed E-state index contributed by atoms with van der Waals surface area (Å²) in [7, 11) is -3.78.